The second kappa shape index (κ2) is 5.26. The zero-order chi connectivity index (χ0) is 11.3. The van der Waals surface area contributed by atoms with E-state index in [2.05, 4.69) is 0 Å². The van der Waals surface area contributed by atoms with Gasteiger partial charge in [-0.25, -0.2) is 0 Å². The quantitative estimate of drug-likeness (QED) is 0.726. The highest BCUT2D eigenvalue weighted by atomic mass is 35.5. The smallest absolute Gasteiger partial charge is 0.392 e. The second-order valence-corrected chi connectivity index (χ2v) is 3.26. The molecule has 0 fully saturated rings. The molecule has 0 bridgehead atoms. The third-order valence-electron chi connectivity index (χ3n) is 1.73. The molecule has 1 aromatic rings. The van der Waals surface area contributed by atoms with Crippen molar-refractivity contribution in [1.82, 2.24) is 0 Å². The van der Waals surface area contributed by atoms with Crippen LogP contribution in [0.15, 0.2) is 24.3 Å². The Labute approximate surface area is 90.8 Å². The molecule has 0 N–H and O–H groups in total. The fraction of sp³-hybridized carbons (Fsp3) is 0.400. The van der Waals surface area contributed by atoms with Crippen molar-refractivity contribution in [1.29, 1.82) is 0 Å². The summed E-state index contributed by atoms with van der Waals surface area (Å²) in [5.41, 5.74) is 0.903. The molecule has 0 spiro atoms. The number of ether oxygens (including phenoxy) is 1. The molecule has 0 aromatic heterocycles. The average Bonchev–Trinajstić information content (AvgIpc) is 2.17. The van der Waals surface area contributed by atoms with Gasteiger partial charge in [0.1, 0.15) is 5.75 Å². The van der Waals surface area contributed by atoms with Crippen LogP contribution in [0.25, 0.3) is 0 Å². The number of benzene rings is 1. The van der Waals surface area contributed by atoms with Gasteiger partial charge in [0.15, 0.2) is 0 Å². The summed E-state index contributed by atoms with van der Waals surface area (Å²) < 4.78 is 40.3. The lowest BCUT2D eigenvalue weighted by Crippen LogP contribution is -2.12. The van der Waals surface area contributed by atoms with Gasteiger partial charge in [0, 0.05) is 5.88 Å². The molecule has 0 aliphatic carbocycles. The lowest BCUT2D eigenvalue weighted by Gasteiger charge is -2.08. The van der Waals surface area contributed by atoms with Gasteiger partial charge >= 0.3 is 6.18 Å². The van der Waals surface area contributed by atoms with Crippen molar-refractivity contribution in [3.63, 3.8) is 0 Å². The highest BCUT2D eigenvalue weighted by Gasteiger charge is 2.26. The van der Waals surface area contributed by atoms with Crippen molar-refractivity contribution in [2.75, 3.05) is 6.61 Å². The largest absolute Gasteiger partial charge is 0.493 e. The molecule has 0 aliphatic rings. The summed E-state index contributed by atoms with van der Waals surface area (Å²) in [6.07, 6.45) is -5.11. The Morgan fingerprint density at radius 2 is 1.73 bits per heavy atom. The van der Waals surface area contributed by atoms with Crippen molar-refractivity contribution in [3.05, 3.63) is 29.8 Å². The van der Waals surface area contributed by atoms with Crippen LogP contribution in [0.1, 0.15) is 12.0 Å². The average molecular weight is 239 g/mol. The number of hydrogen-bond donors (Lipinski definition) is 0. The minimum atomic E-state index is -4.17. The summed E-state index contributed by atoms with van der Waals surface area (Å²) in [4.78, 5) is 0. The van der Waals surface area contributed by atoms with E-state index in [9.17, 15) is 13.2 Å². The van der Waals surface area contributed by atoms with Crippen LogP contribution in [0.5, 0.6) is 5.75 Å². The summed E-state index contributed by atoms with van der Waals surface area (Å²) in [6, 6.07) is 6.65. The third kappa shape index (κ3) is 4.93. The molecular weight excluding hydrogens is 229 g/mol. The predicted octanol–water partition coefficient (Wildman–Crippen LogP) is 3.76. The topological polar surface area (TPSA) is 9.23 Å². The Hall–Kier alpha value is -0.900. The van der Waals surface area contributed by atoms with Crippen molar-refractivity contribution < 1.29 is 17.9 Å². The summed E-state index contributed by atoms with van der Waals surface area (Å²) in [7, 11) is 0. The first-order chi connectivity index (χ1) is 7.01. The van der Waals surface area contributed by atoms with Crippen molar-refractivity contribution >= 4 is 11.6 Å². The minimum absolute atomic E-state index is 0.357. The molecule has 0 unspecified atom stereocenters. The van der Waals surface area contributed by atoms with Crippen LogP contribution in [-0.2, 0) is 5.88 Å². The number of alkyl halides is 4. The number of rotatable bonds is 4. The summed E-state index contributed by atoms with van der Waals surface area (Å²) in [5, 5.41) is 0. The van der Waals surface area contributed by atoms with Crippen LogP contribution in [0.4, 0.5) is 13.2 Å². The number of halogens is 4. The number of hydrogen-bond acceptors (Lipinski definition) is 1. The van der Waals surface area contributed by atoms with Crippen LogP contribution >= 0.6 is 11.6 Å². The van der Waals surface area contributed by atoms with Crippen molar-refractivity contribution in [2.45, 2.75) is 18.5 Å². The predicted molar refractivity (Wildman–Crippen MR) is 52.2 cm³/mol. The van der Waals surface area contributed by atoms with Crippen LogP contribution < -0.4 is 4.74 Å². The maximum Gasteiger partial charge on any atom is 0.392 e. The molecule has 1 rings (SSSR count). The molecule has 0 saturated heterocycles. The van der Waals surface area contributed by atoms with E-state index in [0.29, 0.717) is 11.6 Å². The van der Waals surface area contributed by atoms with Gasteiger partial charge in [-0.15, -0.1) is 11.6 Å². The molecule has 84 valence electrons. The minimum Gasteiger partial charge on any atom is -0.493 e. The van der Waals surface area contributed by atoms with Gasteiger partial charge in [-0.1, -0.05) is 12.1 Å². The Bertz CT molecular complexity index is 295. The SMILES string of the molecule is FC(F)(F)CCOc1ccc(CCl)cc1. The lowest BCUT2D eigenvalue weighted by atomic mass is 10.2. The third-order valence-corrected chi connectivity index (χ3v) is 2.04. The second-order valence-electron chi connectivity index (χ2n) is 2.99. The van der Waals surface area contributed by atoms with Gasteiger partial charge in [-0.3, -0.25) is 0 Å². The Kier molecular flexibility index (Phi) is 4.27. The van der Waals surface area contributed by atoms with E-state index in [1.807, 2.05) is 0 Å². The van der Waals surface area contributed by atoms with Gasteiger partial charge < -0.3 is 4.74 Å². The van der Waals surface area contributed by atoms with E-state index in [1.165, 1.54) is 0 Å². The Balaban J connectivity index is 2.38. The highest BCUT2D eigenvalue weighted by molar-refractivity contribution is 6.17. The van der Waals surface area contributed by atoms with Crippen molar-refractivity contribution in [2.24, 2.45) is 0 Å². The molecule has 1 nitrogen and oxygen atoms in total. The zero-order valence-corrected chi connectivity index (χ0v) is 8.61. The Morgan fingerprint density at radius 1 is 1.13 bits per heavy atom. The molecule has 0 aliphatic heterocycles. The fourth-order valence-corrected chi connectivity index (χ4v) is 1.14. The highest BCUT2D eigenvalue weighted by Crippen LogP contribution is 2.20. The van der Waals surface area contributed by atoms with E-state index in [0.717, 1.165) is 5.56 Å². The van der Waals surface area contributed by atoms with Gasteiger partial charge in [0.25, 0.3) is 0 Å². The molecule has 0 atom stereocenters. The first-order valence-corrected chi connectivity index (χ1v) is 4.89. The molecule has 5 heteroatoms. The molecule has 0 saturated carbocycles. The summed E-state index contributed by atoms with van der Waals surface area (Å²) >= 11 is 5.55. The summed E-state index contributed by atoms with van der Waals surface area (Å²) in [5.74, 6) is 0.802. The van der Waals surface area contributed by atoms with Gasteiger partial charge in [0.2, 0.25) is 0 Å². The van der Waals surface area contributed by atoms with E-state index in [1.54, 1.807) is 24.3 Å². The van der Waals surface area contributed by atoms with Crippen LogP contribution in [0.2, 0.25) is 0 Å². The Morgan fingerprint density at radius 3 is 2.20 bits per heavy atom. The molecular formula is C10H10ClF3O. The van der Waals surface area contributed by atoms with Gasteiger partial charge in [-0.05, 0) is 17.7 Å². The van der Waals surface area contributed by atoms with Crippen molar-refractivity contribution in [3.8, 4) is 5.75 Å². The maximum atomic E-state index is 11.8. The van der Waals surface area contributed by atoms with E-state index in [-0.39, 0.29) is 6.61 Å². The molecule has 0 heterocycles. The molecule has 1 aromatic carbocycles. The zero-order valence-electron chi connectivity index (χ0n) is 7.85. The molecule has 0 radical (unpaired) electrons. The van der Waals surface area contributed by atoms with E-state index >= 15 is 0 Å². The fourth-order valence-electron chi connectivity index (χ4n) is 0.959. The molecule has 15 heavy (non-hydrogen) atoms. The normalized spacial score (nSPS) is 11.5. The van der Waals surface area contributed by atoms with Crippen LogP contribution in [0, 0.1) is 0 Å². The van der Waals surface area contributed by atoms with E-state index < -0.39 is 12.6 Å². The van der Waals surface area contributed by atoms with Crippen LogP contribution in [0.3, 0.4) is 0 Å². The van der Waals surface area contributed by atoms with E-state index in [4.69, 9.17) is 16.3 Å². The lowest BCUT2D eigenvalue weighted by molar-refractivity contribution is -0.139. The maximum absolute atomic E-state index is 11.8. The van der Waals surface area contributed by atoms with Crippen LogP contribution in [-0.4, -0.2) is 12.8 Å². The monoisotopic (exact) mass is 238 g/mol. The van der Waals surface area contributed by atoms with Gasteiger partial charge in [0.05, 0.1) is 13.0 Å². The molecule has 0 amide bonds. The first kappa shape index (κ1) is 12.2. The van der Waals surface area contributed by atoms with Gasteiger partial charge in [-0.2, -0.15) is 13.2 Å². The first-order valence-electron chi connectivity index (χ1n) is 4.36. The standard InChI is InChI=1S/C10H10ClF3O/c11-7-8-1-3-9(4-2-8)15-6-5-10(12,13)14/h1-4H,5-7H2. The summed E-state index contributed by atoms with van der Waals surface area (Å²) in [6.45, 7) is -0.357.